The van der Waals surface area contributed by atoms with E-state index in [1.54, 1.807) is 27.7 Å². The van der Waals surface area contributed by atoms with Crippen molar-refractivity contribution >= 4 is 35.0 Å². The lowest BCUT2D eigenvalue weighted by atomic mass is 10.00. The molecule has 1 aromatic rings. The number of hydrogen-bond acceptors (Lipinski definition) is 7. The third-order valence-electron chi connectivity index (χ3n) is 5.12. The number of nitrogens with two attached hydrogens (primary N) is 1. The molecule has 0 radical (unpaired) electrons. The molecule has 0 aliphatic rings. The van der Waals surface area contributed by atoms with E-state index in [4.69, 9.17) is 5.73 Å². The molecule has 0 heterocycles. The number of carbonyl (C=O) groups excluding carboxylic acids is 4. The van der Waals surface area contributed by atoms with Crippen LogP contribution in [0.4, 0.5) is 11.4 Å². The summed E-state index contributed by atoms with van der Waals surface area (Å²) in [5, 5.41) is 20.9. The van der Waals surface area contributed by atoms with Crippen LogP contribution in [0.15, 0.2) is 24.3 Å². The van der Waals surface area contributed by atoms with Gasteiger partial charge >= 0.3 is 0 Å². The minimum absolute atomic E-state index is 0.112. The van der Waals surface area contributed by atoms with E-state index in [1.807, 2.05) is 0 Å². The molecule has 1 aromatic carbocycles. The molecule has 0 aliphatic heterocycles. The maximum Gasteiger partial charge on any atom is 0.269 e. The van der Waals surface area contributed by atoms with Crippen LogP contribution < -0.4 is 27.0 Å². The van der Waals surface area contributed by atoms with Gasteiger partial charge in [0.1, 0.15) is 18.1 Å². The van der Waals surface area contributed by atoms with Crippen molar-refractivity contribution < 1.29 is 24.1 Å². The zero-order valence-electron chi connectivity index (χ0n) is 20.2. The Morgan fingerprint density at radius 3 is 1.74 bits per heavy atom. The first-order valence-corrected chi connectivity index (χ1v) is 11.0. The predicted octanol–water partition coefficient (Wildman–Crippen LogP) is 0.667. The van der Waals surface area contributed by atoms with Gasteiger partial charge in [-0.2, -0.15) is 0 Å². The quantitative estimate of drug-likeness (QED) is 0.228. The van der Waals surface area contributed by atoms with Crippen molar-refractivity contribution in [2.24, 2.45) is 17.6 Å². The molecule has 0 aromatic heterocycles. The fourth-order valence-corrected chi connectivity index (χ4v) is 2.78. The molecule has 188 valence electrons. The Balaban J connectivity index is 2.67. The summed E-state index contributed by atoms with van der Waals surface area (Å²) in [6.07, 6.45) is 0. The van der Waals surface area contributed by atoms with E-state index in [-0.39, 0.29) is 17.5 Å². The van der Waals surface area contributed by atoms with E-state index in [9.17, 15) is 29.3 Å². The van der Waals surface area contributed by atoms with Gasteiger partial charge in [-0.1, -0.05) is 27.7 Å². The van der Waals surface area contributed by atoms with E-state index < -0.39 is 52.7 Å². The first-order valence-electron chi connectivity index (χ1n) is 11.0. The number of nitro groups is 1. The lowest BCUT2D eigenvalue weighted by Crippen LogP contribution is -2.58. The van der Waals surface area contributed by atoms with Crippen LogP contribution in [0.5, 0.6) is 0 Å². The SMILES string of the molecule is CC(C)[C@H](NC(=O)[C@H](N)C(C)C)C(=O)N[C@@H](C)C(=O)N[C@@H](C)C(=O)Nc1ccc([N+](=O)[O-])cc1. The number of anilines is 1. The molecule has 12 nitrogen and oxygen atoms in total. The molecule has 0 spiro atoms. The van der Waals surface area contributed by atoms with Crippen molar-refractivity contribution in [3.8, 4) is 0 Å². The van der Waals surface area contributed by atoms with Gasteiger partial charge < -0.3 is 27.0 Å². The molecule has 12 heteroatoms. The summed E-state index contributed by atoms with van der Waals surface area (Å²) < 4.78 is 0. The minimum Gasteiger partial charge on any atom is -0.343 e. The van der Waals surface area contributed by atoms with Crippen LogP contribution in [0, 0.1) is 22.0 Å². The largest absolute Gasteiger partial charge is 0.343 e. The van der Waals surface area contributed by atoms with Gasteiger partial charge in [0.25, 0.3) is 5.69 Å². The number of carbonyl (C=O) groups is 4. The monoisotopic (exact) mass is 478 g/mol. The number of nitro benzene ring substituents is 1. The molecule has 6 N–H and O–H groups in total. The molecule has 34 heavy (non-hydrogen) atoms. The zero-order valence-corrected chi connectivity index (χ0v) is 20.2. The third-order valence-corrected chi connectivity index (χ3v) is 5.12. The van der Waals surface area contributed by atoms with Gasteiger partial charge in [-0.15, -0.1) is 0 Å². The highest BCUT2D eigenvalue weighted by Gasteiger charge is 2.30. The van der Waals surface area contributed by atoms with Crippen molar-refractivity contribution in [1.29, 1.82) is 0 Å². The third kappa shape index (κ3) is 8.43. The Kier molecular flexibility index (Phi) is 10.6. The summed E-state index contributed by atoms with van der Waals surface area (Å²) in [6, 6.07) is 1.63. The number of amides is 4. The van der Waals surface area contributed by atoms with E-state index in [1.165, 1.54) is 38.1 Å². The van der Waals surface area contributed by atoms with Crippen LogP contribution >= 0.6 is 0 Å². The summed E-state index contributed by atoms with van der Waals surface area (Å²) in [5.41, 5.74) is 6.05. The number of benzene rings is 1. The van der Waals surface area contributed by atoms with Crippen molar-refractivity contribution in [2.75, 3.05) is 5.32 Å². The highest BCUT2D eigenvalue weighted by Crippen LogP contribution is 2.15. The van der Waals surface area contributed by atoms with Gasteiger partial charge in [0.15, 0.2) is 0 Å². The van der Waals surface area contributed by atoms with Crippen LogP contribution in [-0.2, 0) is 19.2 Å². The normalized spacial score (nSPS) is 14.5. The van der Waals surface area contributed by atoms with Crippen molar-refractivity contribution in [2.45, 2.75) is 65.7 Å². The van der Waals surface area contributed by atoms with Crippen molar-refractivity contribution in [1.82, 2.24) is 16.0 Å². The maximum absolute atomic E-state index is 12.7. The van der Waals surface area contributed by atoms with Gasteiger partial charge in [0, 0.05) is 17.8 Å². The van der Waals surface area contributed by atoms with E-state index >= 15 is 0 Å². The second-order valence-corrected chi connectivity index (χ2v) is 8.75. The van der Waals surface area contributed by atoms with E-state index in [2.05, 4.69) is 21.3 Å². The minimum atomic E-state index is -0.987. The van der Waals surface area contributed by atoms with Crippen molar-refractivity contribution in [3.63, 3.8) is 0 Å². The summed E-state index contributed by atoms with van der Waals surface area (Å²) in [7, 11) is 0. The molecule has 4 amide bonds. The molecular weight excluding hydrogens is 444 g/mol. The van der Waals surface area contributed by atoms with Crippen LogP contribution in [0.25, 0.3) is 0 Å². The lowest BCUT2D eigenvalue weighted by Gasteiger charge is -2.26. The van der Waals surface area contributed by atoms with Gasteiger partial charge in [0.2, 0.25) is 23.6 Å². The van der Waals surface area contributed by atoms with Crippen LogP contribution in [0.1, 0.15) is 41.5 Å². The average Bonchev–Trinajstić information content (AvgIpc) is 2.76. The van der Waals surface area contributed by atoms with Crippen LogP contribution in [-0.4, -0.2) is 52.7 Å². The van der Waals surface area contributed by atoms with Gasteiger partial charge in [-0.3, -0.25) is 29.3 Å². The summed E-state index contributed by atoms with van der Waals surface area (Å²) >= 11 is 0. The van der Waals surface area contributed by atoms with E-state index in [0.29, 0.717) is 5.69 Å². The lowest BCUT2D eigenvalue weighted by molar-refractivity contribution is -0.384. The Morgan fingerprint density at radius 1 is 0.765 bits per heavy atom. The van der Waals surface area contributed by atoms with Crippen LogP contribution in [0.3, 0.4) is 0 Å². The number of non-ortho nitro benzene ring substituents is 1. The fraction of sp³-hybridized carbons (Fsp3) is 0.545. The van der Waals surface area contributed by atoms with Gasteiger partial charge in [0.05, 0.1) is 11.0 Å². The second-order valence-electron chi connectivity index (χ2n) is 8.75. The molecule has 0 saturated carbocycles. The van der Waals surface area contributed by atoms with Gasteiger partial charge in [-0.05, 0) is 37.8 Å². The van der Waals surface area contributed by atoms with Gasteiger partial charge in [-0.25, -0.2) is 0 Å². The highest BCUT2D eigenvalue weighted by molar-refractivity contribution is 5.98. The second kappa shape index (κ2) is 12.6. The highest BCUT2D eigenvalue weighted by atomic mass is 16.6. The Bertz CT molecular complexity index is 902. The number of nitrogens with one attached hydrogen (secondary N) is 4. The van der Waals surface area contributed by atoms with E-state index in [0.717, 1.165) is 0 Å². The number of nitrogens with zero attached hydrogens (tertiary/aromatic N) is 1. The summed E-state index contributed by atoms with van der Waals surface area (Å²) in [6.45, 7) is 9.99. The number of rotatable bonds is 11. The zero-order chi connectivity index (χ0) is 26.2. The van der Waals surface area contributed by atoms with Crippen molar-refractivity contribution in [3.05, 3.63) is 34.4 Å². The molecule has 0 saturated heterocycles. The smallest absolute Gasteiger partial charge is 0.269 e. The number of hydrogen-bond donors (Lipinski definition) is 5. The summed E-state index contributed by atoms with van der Waals surface area (Å²) in [5.74, 6) is -2.53. The molecule has 0 fully saturated rings. The topological polar surface area (TPSA) is 186 Å². The van der Waals surface area contributed by atoms with Crippen LogP contribution in [0.2, 0.25) is 0 Å². The average molecular weight is 479 g/mol. The molecule has 1 rings (SSSR count). The molecule has 0 aliphatic carbocycles. The maximum atomic E-state index is 12.7. The molecule has 0 unspecified atom stereocenters. The summed E-state index contributed by atoms with van der Waals surface area (Å²) in [4.78, 5) is 59.9. The Morgan fingerprint density at radius 2 is 1.26 bits per heavy atom. The first-order chi connectivity index (χ1) is 15.7. The predicted molar refractivity (Wildman–Crippen MR) is 127 cm³/mol. The molecule has 0 bridgehead atoms. The molecular formula is C22H34N6O6. The standard InChI is InChI=1S/C22H34N6O6/c1-11(2)17(23)21(31)27-18(12(3)4)22(32)25-13(5)19(29)24-14(6)20(30)26-15-7-9-16(10-8-15)28(33)34/h7-14,17-18H,23H2,1-6H3,(H,24,29)(H,25,32)(H,26,30)(H,27,31)/t13-,14-,17+,18-/m0/s1. The fourth-order valence-electron chi connectivity index (χ4n) is 2.78. The molecule has 4 atom stereocenters. The first kappa shape index (κ1) is 28.5. The Labute approximate surface area is 198 Å². The Hall–Kier alpha value is -3.54.